The van der Waals surface area contributed by atoms with Gasteiger partial charge >= 0.3 is 6.03 Å². The van der Waals surface area contributed by atoms with Gasteiger partial charge in [-0.3, -0.25) is 0 Å². The lowest BCUT2D eigenvalue weighted by atomic mass is 9.79. The Morgan fingerprint density at radius 2 is 2.35 bits per heavy atom. The number of benzene rings is 1. The van der Waals surface area contributed by atoms with Gasteiger partial charge in [0.2, 0.25) is 0 Å². The first-order chi connectivity index (χ1) is 9.47. The molecule has 1 fully saturated rings. The molecule has 0 aliphatic heterocycles. The Hall–Kier alpha value is -1.62. The van der Waals surface area contributed by atoms with E-state index in [2.05, 4.69) is 17.6 Å². The van der Waals surface area contributed by atoms with Crippen molar-refractivity contribution in [1.29, 1.82) is 0 Å². The van der Waals surface area contributed by atoms with Crippen LogP contribution < -0.4 is 10.6 Å². The maximum Gasteiger partial charge on any atom is 0.319 e. The van der Waals surface area contributed by atoms with Crippen LogP contribution in [0.25, 0.3) is 0 Å². The number of hydrogen-bond acceptors (Lipinski definition) is 2. The third-order valence-corrected chi connectivity index (χ3v) is 3.73. The number of carbonyl (C=O) groups is 1. The first-order valence-corrected chi connectivity index (χ1v) is 7.00. The molecule has 20 heavy (non-hydrogen) atoms. The Bertz CT molecular complexity index is 481. The smallest absolute Gasteiger partial charge is 0.319 e. The molecule has 1 saturated carbocycles. The molecule has 0 radical (unpaired) electrons. The molecule has 3 N–H and O–H groups in total. The average molecular weight is 280 g/mol. The monoisotopic (exact) mass is 280 g/mol. The fourth-order valence-electron chi connectivity index (χ4n) is 2.78. The molecule has 0 aromatic heterocycles. The lowest BCUT2D eigenvalue weighted by molar-refractivity contribution is -0.00920. The van der Waals surface area contributed by atoms with Gasteiger partial charge in [0, 0.05) is 12.2 Å². The number of aliphatic hydroxyl groups is 1. The summed E-state index contributed by atoms with van der Waals surface area (Å²) in [5.74, 6) is 0.0735. The fourth-order valence-corrected chi connectivity index (χ4v) is 2.78. The van der Waals surface area contributed by atoms with Crippen molar-refractivity contribution in [2.24, 2.45) is 5.92 Å². The molecule has 2 rings (SSSR count). The zero-order valence-corrected chi connectivity index (χ0v) is 11.7. The molecule has 5 heteroatoms. The van der Waals surface area contributed by atoms with E-state index in [4.69, 9.17) is 0 Å². The third kappa shape index (κ3) is 4.20. The number of urea groups is 1. The molecule has 1 aromatic carbocycles. The molecular formula is C15H21FN2O2. The first-order valence-electron chi connectivity index (χ1n) is 7.00. The zero-order chi connectivity index (χ0) is 14.6. The van der Waals surface area contributed by atoms with Gasteiger partial charge in [-0.25, -0.2) is 9.18 Å². The van der Waals surface area contributed by atoms with Gasteiger partial charge in [-0.15, -0.1) is 0 Å². The number of amides is 2. The van der Waals surface area contributed by atoms with Gasteiger partial charge in [0.05, 0.1) is 5.60 Å². The summed E-state index contributed by atoms with van der Waals surface area (Å²) in [5, 5.41) is 15.6. The largest absolute Gasteiger partial charge is 0.388 e. The lowest BCUT2D eigenvalue weighted by Crippen LogP contribution is -2.46. The highest BCUT2D eigenvalue weighted by atomic mass is 19.1. The van der Waals surface area contributed by atoms with E-state index >= 15 is 0 Å². The maximum absolute atomic E-state index is 13.0. The Labute approximate surface area is 118 Å². The first kappa shape index (κ1) is 14.8. The molecule has 0 heterocycles. The predicted octanol–water partition coefficient (Wildman–Crippen LogP) is 2.89. The second-order valence-electron chi connectivity index (χ2n) is 5.74. The van der Waals surface area contributed by atoms with Gasteiger partial charge in [-0.1, -0.05) is 25.8 Å². The summed E-state index contributed by atoms with van der Waals surface area (Å²) in [6.07, 6.45) is 3.51. The minimum absolute atomic E-state index is 0.221. The molecule has 2 unspecified atom stereocenters. The van der Waals surface area contributed by atoms with Crippen LogP contribution in [0.15, 0.2) is 24.3 Å². The topological polar surface area (TPSA) is 61.4 Å². The van der Waals surface area contributed by atoms with Crippen LogP contribution in [0.1, 0.15) is 32.6 Å². The van der Waals surface area contributed by atoms with Gasteiger partial charge < -0.3 is 15.7 Å². The molecule has 1 aliphatic carbocycles. The highest BCUT2D eigenvalue weighted by molar-refractivity contribution is 5.89. The fraction of sp³-hybridized carbons (Fsp3) is 0.533. The van der Waals surface area contributed by atoms with Crippen LogP contribution in [-0.2, 0) is 0 Å². The molecule has 1 aliphatic rings. The van der Waals surface area contributed by atoms with Crippen LogP contribution in [0.2, 0.25) is 0 Å². The summed E-state index contributed by atoms with van der Waals surface area (Å²) in [6.45, 7) is 2.33. The van der Waals surface area contributed by atoms with Gasteiger partial charge in [0.15, 0.2) is 0 Å². The van der Waals surface area contributed by atoms with Crippen LogP contribution in [0.5, 0.6) is 0 Å². The molecule has 2 amide bonds. The van der Waals surface area contributed by atoms with E-state index < -0.39 is 17.4 Å². The summed E-state index contributed by atoms with van der Waals surface area (Å²) < 4.78 is 13.0. The van der Waals surface area contributed by atoms with Crippen molar-refractivity contribution < 1.29 is 14.3 Å². The normalized spacial score (nSPS) is 26.1. The molecule has 2 atom stereocenters. The molecule has 4 nitrogen and oxygen atoms in total. The van der Waals surface area contributed by atoms with Crippen LogP contribution in [0, 0.1) is 11.7 Å². The Balaban J connectivity index is 1.83. The van der Waals surface area contributed by atoms with E-state index in [0.717, 1.165) is 12.8 Å². The van der Waals surface area contributed by atoms with Gasteiger partial charge in [-0.05, 0) is 37.0 Å². The van der Waals surface area contributed by atoms with Gasteiger partial charge in [-0.2, -0.15) is 0 Å². The molecular weight excluding hydrogens is 259 g/mol. The lowest BCUT2D eigenvalue weighted by Gasteiger charge is -2.35. The number of hydrogen-bond donors (Lipinski definition) is 3. The van der Waals surface area contributed by atoms with E-state index in [-0.39, 0.29) is 6.54 Å². The maximum atomic E-state index is 13.0. The number of rotatable bonds is 3. The van der Waals surface area contributed by atoms with Crippen LogP contribution in [0.4, 0.5) is 14.9 Å². The minimum Gasteiger partial charge on any atom is -0.388 e. The molecule has 0 spiro atoms. The van der Waals surface area contributed by atoms with Gasteiger partial charge in [0.25, 0.3) is 0 Å². The molecule has 0 saturated heterocycles. The number of carbonyl (C=O) groups excluding carboxylic acids is 1. The van der Waals surface area contributed by atoms with Crippen molar-refractivity contribution in [3.05, 3.63) is 30.1 Å². The minimum atomic E-state index is -0.822. The average Bonchev–Trinajstić information content (AvgIpc) is 2.36. The summed E-state index contributed by atoms with van der Waals surface area (Å²) >= 11 is 0. The number of anilines is 1. The van der Waals surface area contributed by atoms with E-state index in [1.165, 1.54) is 18.2 Å². The van der Waals surface area contributed by atoms with Crippen molar-refractivity contribution in [1.82, 2.24) is 5.32 Å². The van der Waals surface area contributed by atoms with E-state index in [9.17, 15) is 14.3 Å². The second-order valence-corrected chi connectivity index (χ2v) is 5.74. The molecule has 0 bridgehead atoms. The SMILES string of the molecule is CC1CCCC(O)(CNC(=O)Nc2cccc(F)c2)C1. The Morgan fingerprint density at radius 1 is 1.55 bits per heavy atom. The molecule has 1 aromatic rings. The number of nitrogens with one attached hydrogen (secondary N) is 2. The summed E-state index contributed by atoms with van der Waals surface area (Å²) in [4.78, 5) is 11.7. The summed E-state index contributed by atoms with van der Waals surface area (Å²) in [5.41, 5.74) is -0.428. The van der Waals surface area contributed by atoms with E-state index in [1.807, 2.05) is 0 Å². The molecule has 110 valence electrons. The zero-order valence-electron chi connectivity index (χ0n) is 11.7. The number of halogens is 1. The van der Waals surface area contributed by atoms with E-state index in [1.54, 1.807) is 6.07 Å². The van der Waals surface area contributed by atoms with Crippen molar-refractivity contribution in [2.75, 3.05) is 11.9 Å². The van der Waals surface area contributed by atoms with Crippen molar-refractivity contribution in [3.63, 3.8) is 0 Å². The van der Waals surface area contributed by atoms with Crippen LogP contribution in [0.3, 0.4) is 0 Å². The standard InChI is InChI=1S/C15H21FN2O2/c1-11-4-3-7-15(20,9-11)10-17-14(19)18-13-6-2-5-12(16)8-13/h2,5-6,8,11,20H,3-4,7,9-10H2,1H3,(H2,17,18,19). The quantitative estimate of drug-likeness (QED) is 0.797. The van der Waals surface area contributed by atoms with Crippen LogP contribution in [-0.4, -0.2) is 23.3 Å². The summed E-state index contributed by atoms with van der Waals surface area (Å²) in [7, 11) is 0. The van der Waals surface area contributed by atoms with Crippen molar-refractivity contribution >= 4 is 11.7 Å². The Kier molecular flexibility index (Phi) is 4.60. The van der Waals surface area contributed by atoms with Crippen LogP contribution >= 0.6 is 0 Å². The van der Waals surface area contributed by atoms with Crippen molar-refractivity contribution in [3.8, 4) is 0 Å². The second kappa shape index (κ2) is 6.22. The van der Waals surface area contributed by atoms with Gasteiger partial charge in [0.1, 0.15) is 5.82 Å². The highest BCUT2D eigenvalue weighted by Crippen LogP contribution is 2.31. The Morgan fingerprint density at radius 3 is 3.05 bits per heavy atom. The highest BCUT2D eigenvalue weighted by Gasteiger charge is 2.32. The van der Waals surface area contributed by atoms with E-state index in [0.29, 0.717) is 24.4 Å². The predicted molar refractivity (Wildman–Crippen MR) is 76.0 cm³/mol. The third-order valence-electron chi connectivity index (χ3n) is 3.73. The van der Waals surface area contributed by atoms with Crippen molar-refractivity contribution in [2.45, 2.75) is 38.2 Å². The summed E-state index contributed by atoms with van der Waals surface area (Å²) in [6, 6.07) is 5.27.